The van der Waals surface area contributed by atoms with E-state index < -0.39 is 11.1 Å². The number of benzene rings is 2. The first-order valence-electron chi connectivity index (χ1n) is 11.1. The monoisotopic (exact) mass is 523 g/mol. The van der Waals surface area contributed by atoms with Gasteiger partial charge < -0.3 is 14.3 Å². The van der Waals surface area contributed by atoms with Gasteiger partial charge in [-0.2, -0.15) is 0 Å². The van der Waals surface area contributed by atoms with Gasteiger partial charge in [-0.3, -0.25) is 19.1 Å². The summed E-state index contributed by atoms with van der Waals surface area (Å²) in [5.74, 6) is -0.212. The van der Waals surface area contributed by atoms with E-state index >= 15 is 0 Å². The first-order chi connectivity index (χ1) is 17.8. The van der Waals surface area contributed by atoms with Gasteiger partial charge in [-0.25, -0.2) is 0 Å². The number of nitrogens with zero attached hydrogens (tertiary/aromatic N) is 3. The minimum Gasteiger partial charge on any atom is -0.497 e. The molecular weight excluding hydrogens is 502 g/mol. The third-order valence-electron chi connectivity index (χ3n) is 5.72. The van der Waals surface area contributed by atoms with Gasteiger partial charge in [0.2, 0.25) is 0 Å². The molecule has 190 valence electrons. The summed E-state index contributed by atoms with van der Waals surface area (Å²) in [5.41, 5.74) is 3.04. The molecule has 0 N–H and O–H groups in total. The summed E-state index contributed by atoms with van der Waals surface area (Å²) >= 11 is 5.97. The molecule has 0 amide bonds. The number of fused-ring (bicyclic) bond motifs is 1. The maximum absolute atomic E-state index is 13.4. The molecule has 2 heterocycles. The summed E-state index contributed by atoms with van der Waals surface area (Å²) in [6.07, 6.45) is -0.0967. The molecule has 37 heavy (non-hydrogen) atoms. The molecule has 0 atom stereocenters. The predicted octanol–water partition coefficient (Wildman–Crippen LogP) is 4.69. The van der Waals surface area contributed by atoms with Crippen LogP contribution in [0.15, 0.2) is 60.7 Å². The average molecular weight is 524 g/mol. The Morgan fingerprint density at radius 1 is 1.05 bits per heavy atom. The molecule has 4 aromatic rings. The van der Waals surface area contributed by atoms with Crippen LogP contribution in [0.2, 0.25) is 5.02 Å². The Balaban J connectivity index is 1.58. The van der Waals surface area contributed by atoms with Crippen LogP contribution in [0, 0.1) is 17.0 Å². The van der Waals surface area contributed by atoms with Gasteiger partial charge >= 0.3 is 5.97 Å². The molecule has 11 heteroatoms. The normalized spacial score (nSPS) is 10.8. The van der Waals surface area contributed by atoms with Crippen LogP contribution < -0.4 is 4.74 Å². The first-order valence-corrected chi connectivity index (χ1v) is 11.5. The Morgan fingerprint density at radius 3 is 2.43 bits per heavy atom. The van der Waals surface area contributed by atoms with Crippen molar-refractivity contribution in [3.63, 3.8) is 0 Å². The fraction of sp³-hybridized carbons (Fsp3) is 0.192. The van der Waals surface area contributed by atoms with Gasteiger partial charge in [-0.1, -0.05) is 17.7 Å². The highest BCUT2D eigenvalue weighted by atomic mass is 35.5. The number of esters is 1. The molecule has 0 bridgehead atoms. The van der Waals surface area contributed by atoms with E-state index in [4.69, 9.17) is 21.1 Å². The topological polar surface area (TPSA) is 123 Å². The Bertz CT molecular complexity index is 1480. The number of hydrogen-bond acceptors (Lipinski definition) is 8. The van der Waals surface area contributed by atoms with Crippen molar-refractivity contribution in [3.8, 4) is 5.75 Å². The lowest BCUT2D eigenvalue weighted by Crippen LogP contribution is -2.14. The van der Waals surface area contributed by atoms with Crippen LogP contribution in [0.5, 0.6) is 5.75 Å². The van der Waals surface area contributed by atoms with E-state index in [1.54, 1.807) is 72.2 Å². The number of hydrogen-bond donors (Lipinski definition) is 0. The molecule has 0 aliphatic rings. The molecule has 0 radical (unpaired) electrons. The standard InChI is InChI=1S/C26H22ClN3O7/c1-16-22(13-25(31)36-14-19-4-3-5-20(28-19)15-37-30(33)34)23-12-21(35-2)10-11-24(23)29(16)26(32)17-6-8-18(27)9-7-17/h3-12H,13-15H2,1-2H3. The van der Waals surface area contributed by atoms with Crippen molar-refractivity contribution in [2.75, 3.05) is 7.11 Å². The van der Waals surface area contributed by atoms with E-state index in [-0.39, 0.29) is 25.5 Å². The zero-order valence-electron chi connectivity index (χ0n) is 20.0. The molecule has 0 spiro atoms. The highest BCUT2D eigenvalue weighted by Gasteiger charge is 2.22. The summed E-state index contributed by atoms with van der Waals surface area (Å²) in [6.45, 7) is 1.33. The summed E-state index contributed by atoms with van der Waals surface area (Å²) in [4.78, 5) is 45.1. The van der Waals surface area contributed by atoms with Crippen molar-refractivity contribution in [2.45, 2.75) is 26.6 Å². The zero-order valence-corrected chi connectivity index (χ0v) is 20.7. The van der Waals surface area contributed by atoms with Crippen molar-refractivity contribution in [1.29, 1.82) is 0 Å². The number of ether oxygens (including phenoxy) is 2. The van der Waals surface area contributed by atoms with Crippen molar-refractivity contribution in [2.24, 2.45) is 0 Å². The molecule has 0 aliphatic heterocycles. The lowest BCUT2D eigenvalue weighted by molar-refractivity contribution is -0.763. The number of aromatic nitrogens is 2. The lowest BCUT2D eigenvalue weighted by Gasteiger charge is -2.08. The van der Waals surface area contributed by atoms with E-state index in [2.05, 4.69) is 9.82 Å². The number of methoxy groups -OCH3 is 1. The van der Waals surface area contributed by atoms with Crippen LogP contribution in [0.1, 0.15) is 33.0 Å². The Kier molecular flexibility index (Phi) is 7.69. The fourth-order valence-corrected chi connectivity index (χ4v) is 4.08. The smallest absolute Gasteiger partial charge is 0.310 e. The van der Waals surface area contributed by atoms with Gasteiger partial charge in [-0.15, -0.1) is 10.1 Å². The third-order valence-corrected chi connectivity index (χ3v) is 5.97. The second-order valence-corrected chi connectivity index (χ2v) is 8.49. The summed E-state index contributed by atoms with van der Waals surface area (Å²) in [7, 11) is 1.54. The molecule has 2 aromatic heterocycles. The molecule has 0 unspecified atom stereocenters. The maximum atomic E-state index is 13.4. The van der Waals surface area contributed by atoms with Crippen LogP contribution >= 0.6 is 11.6 Å². The van der Waals surface area contributed by atoms with Gasteiger partial charge in [0.1, 0.15) is 19.0 Å². The number of carbonyl (C=O) groups excluding carboxylic acids is 2. The van der Waals surface area contributed by atoms with Crippen molar-refractivity contribution >= 4 is 34.4 Å². The highest BCUT2D eigenvalue weighted by molar-refractivity contribution is 6.30. The number of rotatable bonds is 9. The Hall–Kier alpha value is -4.44. The Morgan fingerprint density at radius 2 is 1.76 bits per heavy atom. The number of pyridine rings is 1. The minimum absolute atomic E-state index is 0.0967. The second-order valence-electron chi connectivity index (χ2n) is 8.05. The van der Waals surface area contributed by atoms with E-state index in [9.17, 15) is 19.7 Å². The summed E-state index contributed by atoms with van der Waals surface area (Å²) in [6, 6.07) is 16.7. The maximum Gasteiger partial charge on any atom is 0.310 e. The molecule has 2 aromatic carbocycles. The van der Waals surface area contributed by atoms with E-state index in [0.717, 1.165) is 0 Å². The summed E-state index contributed by atoms with van der Waals surface area (Å²) in [5, 5.41) is 10.7. The molecule has 0 aliphatic carbocycles. The zero-order chi connectivity index (χ0) is 26.5. The van der Waals surface area contributed by atoms with Crippen molar-refractivity contribution in [1.82, 2.24) is 9.55 Å². The fourth-order valence-electron chi connectivity index (χ4n) is 3.95. The molecular formula is C26H22ClN3O7. The third kappa shape index (κ3) is 5.87. The average Bonchev–Trinajstić information content (AvgIpc) is 3.16. The van der Waals surface area contributed by atoms with Crippen LogP contribution in [0.4, 0.5) is 0 Å². The van der Waals surface area contributed by atoms with Crippen molar-refractivity contribution in [3.05, 3.63) is 104 Å². The molecule has 0 saturated heterocycles. The largest absolute Gasteiger partial charge is 0.497 e. The molecule has 0 fully saturated rings. The second kappa shape index (κ2) is 11.1. The minimum atomic E-state index is -0.903. The van der Waals surface area contributed by atoms with E-state index in [0.29, 0.717) is 49.9 Å². The highest BCUT2D eigenvalue weighted by Crippen LogP contribution is 2.31. The van der Waals surface area contributed by atoms with Gasteiger partial charge in [0.15, 0.2) is 0 Å². The van der Waals surface area contributed by atoms with Gasteiger partial charge in [0.05, 0.1) is 30.4 Å². The van der Waals surface area contributed by atoms with Gasteiger partial charge in [0, 0.05) is 21.7 Å². The molecule has 4 rings (SSSR count). The predicted molar refractivity (Wildman–Crippen MR) is 134 cm³/mol. The van der Waals surface area contributed by atoms with Gasteiger partial charge in [-0.05, 0) is 67.1 Å². The van der Waals surface area contributed by atoms with E-state index in [1.165, 1.54) is 7.11 Å². The van der Waals surface area contributed by atoms with Gasteiger partial charge in [0.25, 0.3) is 11.0 Å². The first kappa shape index (κ1) is 25.6. The van der Waals surface area contributed by atoms with Crippen LogP contribution in [0.25, 0.3) is 10.9 Å². The van der Waals surface area contributed by atoms with Crippen LogP contribution in [-0.4, -0.2) is 33.6 Å². The lowest BCUT2D eigenvalue weighted by atomic mass is 10.1. The SMILES string of the molecule is COc1ccc2c(c1)c(CC(=O)OCc1cccc(CO[N+](=O)[O-])n1)c(C)n2C(=O)c1ccc(Cl)cc1. The van der Waals surface area contributed by atoms with Crippen LogP contribution in [0.3, 0.4) is 0 Å². The quantitative estimate of drug-likeness (QED) is 0.176. The Labute approximate surface area is 216 Å². The molecule has 10 nitrogen and oxygen atoms in total. The van der Waals surface area contributed by atoms with Crippen molar-refractivity contribution < 1.29 is 29.0 Å². The van der Waals surface area contributed by atoms with E-state index in [1.807, 2.05) is 0 Å². The van der Waals surface area contributed by atoms with Crippen LogP contribution in [-0.2, 0) is 34.0 Å². The number of halogens is 1. The summed E-state index contributed by atoms with van der Waals surface area (Å²) < 4.78 is 12.3. The number of carbonyl (C=O) groups is 2. The molecule has 0 saturated carbocycles.